The van der Waals surface area contributed by atoms with Gasteiger partial charge in [-0.3, -0.25) is 9.59 Å². The maximum atomic E-state index is 12.4. The molecule has 0 atom stereocenters. The van der Waals surface area contributed by atoms with Crippen LogP contribution < -0.4 is 10.6 Å². The average Bonchev–Trinajstić information content (AvgIpc) is 2.66. The molecule has 0 bridgehead atoms. The molecule has 1 heterocycles. The van der Waals surface area contributed by atoms with Crippen molar-refractivity contribution in [3.8, 4) is 0 Å². The first-order chi connectivity index (χ1) is 12.6. The van der Waals surface area contributed by atoms with Crippen molar-refractivity contribution in [3.05, 3.63) is 76.6 Å². The summed E-state index contributed by atoms with van der Waals surface area (Å²) < 4.78 is 0. The van der Waals surface area contributed by atoms with E-state index in [4.69, 9.17) is 11.6 Å². The zero-order valence-electron chi connectivity index (χ0n) is 14.3. The van der Waals surface area contributed by atoms with Crippen molar-refractivity contribution < 1.29 is 9.59 Å². The van der Waals surface area contributed by atoms with E-state index in [0.717, 1.165) is 16.3 Å². The average molecular weight is 368 g/mol. The Morgan fingerprint density at radius 1 is 1.00 bits per heavy atom. The molecular formula is C20H18ClN3O2. The lowest BCUT2D eigenvalue weighted by Gasteiger charge is -2.08. The van der Waals surface area contributed by atoms with E-state index in [1.807, 2.05) is 37.3 Å². The maximum Gasteiger partial charge on any atom is 0.270 e. The molecule has 0 aliphatic carbocycles. The molecule has 26 heavy (non-hydrogen) atoms. The predicted molar refractivity (Wildman–Crippen MR) is 102 cm³/mol. The summed E-state index contributed by atoms with van der Waals surface area (Å²) in [7, 11) is 0. The van der Waals surface area contributed by atoms with E-state index in [2.05, 4.69) is 15.6 Å². The number of fused-ring (bicyclic) bond motifs is 1. The summed E-state index contributed by atoms with van der Waals surface area (Å²) in [6.07, 6.45) is 0. The number of halogens is 1. The zero-order valence-corrected chi connectivity index (χ0v) is 15.0. The Labute approximate surface area is 156 Å². The van der Waals surface area contributed by atoms with Crippen molar-refractivity contribution >= 4 is 34.2 Å². The van der Waals surface area contributed by atoms with Crippen molar-refractivity contribution in [2.45, 2.75) is 13.5 Å². The molecule has 3 rings (SSSR count). The molecule has 6 heteroatoms. The van der Waals surface area contributed by atoms with E-state index >= 15 is 0 Å². The van der Waals surface area contributed by atoms with Gasteiger partial charge in [0.25, 0.3) is 11.8 Å². The molecule has 0 spiro atoms. The van der Waals surface area contributed by atoms with E-state index < -0.39 is 0 Å². The summed E-state index contributed by atoms with van der Waals surface area (Å²) in [5.41, 5.74) is 1.65. The lowest BCUT2D eigenvalue weighted by atomic mass is 10.1. The Hall–Kier alpha value is -2.92. The van der Waals surface area contributed by atoms with Crippen molar-refractivity contribution in [3.63, 3.8) is 0 Å². The molecule has 0 radical (unpaired) electrons. The van der Waals surface area contributed by atoms with E-state index in [0.29, 0.717) is 17.3 Å². The molecule has 0 fully saturated rings. The third-order valence-electron chi connectivity index (χ3n) is 3.91. The smallest absolute Gasteiger partial charge is 0.270 e. The number of rotatable bonds is 5. The van der Waals surface area contributed by atoms with Crippen LogP contribution in [0.25, 0.3) is 10.8 Å². The van der Waals surface area contributed by atoms with Gasteiger partial charge in [-0.05, 0) is 36.1 Å². The first-order valence-corrected chi connectivity index (χ1v) is 8.67. The second-order valence-electron chi connectivity index (χ2n) is 5.76. The van der Waals surface area contributed by atoms with Crippen molar-refractivity contribution in [1.82, 2.24) is 15.6 Å². The van der Waals surface area contributed by atoms with Crippen molar-refractivity contribution in [2.75, 3.05) is 6.54 Å². The van der Waals surface area contributed by atoms with Gasteiger partial charge in [-0.1, -0.05) is 48.0 Å². The van der Waals surface area contributed by atoms with Gasteiger partial charge in [0.05, 0.1) is 0 Å². The summed E-state index contributed by atoms with van der Waals surface area (Å²) in [6, 6.07) is 16.3. The van der Waals surface area contributed by atoms with Crippen LogP contribution in [-0.2, 0) is 6.54 Å². The minimum absolute atomic E-state index is 0.136. The molecule has 2 N–H and O–H groups in total. The number of aromatic nitrogens is 1. The molecule has 5 nitrogen and oxygen atoms in total. The van der Waals surface area contributed by atoms with Gasteiger partial charge < -0.3 is 10.6 Å². The van der Waals surface area contributed by atoms with E-state index in [1.165, 1.54) is 0 Å². The largest absolute Gasteiger partial charge is 0.352 e. The zero-order chi connectivity index (χ0) is 18.5. The van der Waals surface area contributed by atoms with Gasteiger partial charge in [0.2, 0.25) is 0 Å². The lowest BCUT2D eigenvalue weighted by Crippen LogP contribution is -2.25. The molecule has 2 amide bonds. The monoisotopic (exact) mass is 367 g/mol. The van der Waals surface area contributed by atoms with Gasteiger partial charge in [-0.15, -0.1) is 0 Å². The van der Waals surface area contributed by atoms with Gasteiger partial charge in [0.15, 0.2) is 0 Å². The van der Waals surface area contributed by atoms with Crippen LogP contribution in [0.15, 0.2) is 54.6 Å². The lowest BCUT2D eigenvalue weighted by molar-refractivity contribution is 0.0943. The van der Waals surface area contributed by atoms with E-state index in [-0.39, 0.29) is 24.1 Å². The Morgan fingerprint density at radius 2 is 1.81 bits per heavy atom. The van der Waals surface area contributed by atoms with Crippen LogP contribution in [0, 0.1) is 0 Å². The first-order valence-electron chi connectivity index (χ1n) is 8.29. The van der Waals surface area contributed by atoms with Gasteiger partial charge >= 0.3 is 0 Å². The number of amides is 2. The summed E-state index contributed by atoms with van der Waals surface area (Å²) >= 11 is 6.17. The number of hydrogen-bond acceptors (Lipinski definition) is 3. The van der Waals surface area contributed by atoms with Crippen LogP contribution in [0.1, 0.15) is 33.3 Å². The van der Waals surface area contributed by atoms with E-state index in [1.54, 1.807) is 24.3 Å². The van der Waals surface area contributed by atoms with Crippen molar-refractivity contribution in [1.29, 1.82) is 0 Å². The molecule has 2 aromatic carbocycles. The van der Waals surface area contributed by atoms with Gasteiger partial charge in [0.1, 0.15) is 10.8 Å². The molecule has 0 saturated heterocycles. The highest BCUT2D eigenvalue weighted by molar-refractivity contribution is 6.34. The van der Waals surface area contributed by atoms with Gasteiger partial charge in [-0.2, -0.15) is 0 Å². The molecule has 3 aromatic rings. The van der Waals surface area contributed by atoms with Gasteiger partial charge in [-0.25, -0.2) is 4.98 Å². The first kappa shape index (κ1) is 17.9. The van der Waals surface area contributed by atoms with Crippen LogP contribution in [0.5, 0.6) is 0 Å². The highest BCUT2D eigenvalue weighted by atomic mass is 35.5. The topological polar surface area (TPSA) is 71.1 Å². The highest BCUT2D eigenvalue weighted by Crippen LogP contribution is 2.22. The quantitative estimate of drug-likeness (QED) is 0.677. The van der Waals surface area contributed by atoms with Crippen LogP contribution in [0.3, 0.4) is 0 Å². The number of carbonyl (C=O) groups excluding carboxylic acids is 2. The predicted octanol–water partition coefficient (Wildman–Crippen LogP) is 3.57. The number of nitrogens with zero attached hydrogens (tertiary/aromatic N) is 1. The van der Waals surface area contributed by atoms with Crippen LogP contribution in [0.4, 0.5) is 0 Å². The van der Waals surface area contributed by atoms with Crippen LogP contribution >= 0.6 is 11.6 Å². The molecule has 1 aromatic heterocycles. The summed E-state index contributed by atoms with van der Waals surface area (Å²) in [4.78, 5) is 28.5. The fraction of sp³-hybridized carbons (Fsp3) is 0.150. The van der Waals surface area contributed by atoms with Gasteiger partial charge in [0, 0.05) is 24.0 Å². The highest BCUT2D eigenvalue weighted by Gasteiger charge is 2.11. The Morgan fingerprint density at radius 3 is 2.62 bits per heavy atom. The number of pyridine rings is 1. The standard InChI is InChI=1S/C20H18ClN3O2/c1-2-22-19(25)15-8-5-6-13(10-15)12-23-20(26)17-11-14-7-3-4-9-16(14)18(21)24-17/h3-11H,2,12H2,1H3,(H,22,25)(H,23,26). The summed E-state index contributed by atoms with van der Waals surface area (Å²) in [5, 5.41) is 7.53. The summed E-state index contributed by atoms with van der Waals surface area (Å²) in [5.74, 6) is -0.454. The second kappa shape index (κ2) is 7.97. The Balaban J connectivity index is 1.73. The second-order valence-corrected chi connectivity index (χ2v) is 6.12. The maximum absolute atomic E-state index is 12.4. The Kier molecular flexibility index (Phi) is 5.49. The Bertz CT molecular complexity index is 972. The fourth-order valence-corrected chi connectivity index (χ4v) is 2.89. The molecule has 0 aliphatic heterocycles. The number of benzene rings is 2. The van der Waals surface area contributed by atoms with Crippen molar-refractivity contribution in [2.24, 2.45) is 0 Å². The molecule has 0 unspecified atom stereocenters. The SMILES string of the molecule is CCNC(=O)c1cccc(CNC(=O)c2cc3ccccc3c(Cl)n2)c1. The fourth-order valence-electron chi connectivity index (χ4n) is 2.63. The molecule has 0 aliphatic rings. The minimum atomic E-state index is -0.318. The minimum Gasteiger partial charge on any atom is -0.352 e. The molecule has 0 saturated carbocycles. The third-order valence-corrected chi connectivity index (χ3v) is 4.19. The van der Waals surface area contributed by atoms with Crippen LogP contribution in [-0.4, -0.2) is 23.3 Å². The molecule has 132 valence electrons. The summed E-state index contributed by atoms with van der Waals surface area (Å²) in [6.45, 7) is 2.72. The van der Waals surface area contributed by atoms with Crippen LogP contribution in [0.2, 0.25) is 5.15 Å². The number of carbonyl (C=O) groups is 2. The third kappa shape index (κ3) is 4.00. The normalized spacial score (nSPS) is 10.5. The van der Waals surface area contributed by atoms with E-state index in [9.17, 15) is 9.59 Å². The number of nitrogens with one attached hydrogen (secondary N) is 2. The number of hydrogen-bond donors (Lipinski definition) is 2. The molecular weight excluding hydrogens is 350 g/mol.